The fourth-order valence-corrected chi connectivity index (χ4v) is 3.40. The minimum atomic E-state index is -1.93. The summed E-state index contributed by atoms with van der Waals surface area (Å²) >= 11 is -1.93. The second-order valence-corrected chi connectivity index (χ2v) is 7.24. The molecule has 4 rings (SSSR count). The summed E-state index contributed by atoms with van der Waals surface area (Å²) in [5, 5.41) is 11.2. The number of nitrogens with zero attached hydrogens (tertiary/aromatic N) is 5. The van der Waals surface area contributed by atoms with Gasteiger partial charge in [0.05, 0.1) is 11.3 Å². The summed E-state index contributed by atoms with van der Waals surface area (Å²) in [4.78, 5) is 4.17. The Labute approximate surface area is 171 Å². The number of anilines is 1. The van der Waals surface area contributed by atoms with Crippen LogP contribution >= 0.6 is 0 Å². The zero-order valence-electron chi connectivity index (χ0n) is 15.2. The van der Waals surface area contributed by atoms with E-state index in [9.17, 15) is 13.0 Å². The standard InChI is InChI=1S/C19H14F2N6O2S/c20-15-2-1-3-16(17(15)21)27-19(24-25-26-27)14-8-13(9-23-18(14)22)12-6-4-11(5-7-12)10-30(28)29/h1-9H,10H2,(H2,22,23)(H,28,29). The van der Waals surface area contributed by atoms with Crippen LogP contribution in [-0.2, 0) is 16.8 Å². The van der Waals surface area contributed by atoms with Crippen LogP contribution in [0, 0.1) is 11.6 Å². The van der Waals surface area contributed by atoms with Crippen molar-refractivity contribution < 1.29 is 17.5 Å². The first-order chi connectivity index (χ1) is 14.4. The lowest BCUT2D eigenvalue weighted by Crippen LogP contribution is -2.06. The molecule has 0 aliphatic carbocycles. The number of rotatable bonds is 5. The lowest BCUT2D eigenvalue weighted by atomic mass is 10.0. The number of aromatic nitrogens is 5. The van der Waals surface area contributed by atoms with E-state index in [1.165, 1.54) is 12.1 Å². The van der Waals surface area contributed by atoms with E-state index in [1.54, 1.807) is 36.5 Å². The molecule has 0 saturated carbocycles. The van der Waals surface area contributed by atoms with E-state index in [0.717, 1.165) is 16.3 Å². The van der Waals surface area contributed by atoms with Gasteiger partial charge in [-0.1, -0.05) is 30.3 Å². The van der Waals surface area contributed by atoms with Crippen LogP contribution in [0.15, 0.2) is 54.7 Å². The molecule has 1 unspecified atom stereocenters. The van der Waals surface area contributed by atoms with Crippen molar-refractivity contribution in [1.29, 1.82) is 0 Å². The molecule has 2 aromatic carbocycles. The normalized spacial score (nSPS) is 12.1. The largest absolute Gasteiger partial charge is 0.383 e. The molecule has 4 aromatic rings. The van der Waals surface area contributed by atoms with Crippen LogP contribution in [-0.4, -0.2) is 34.0 Å². The number of nitrogens with two attached hydrogens (primary N) is 1. The molecule has 0 radical (unpaired) electrons. The smallest absolute Gasteiger partial charge is 0.190 e. The number of tetrazole rings is 1. The van der Waals surface area contributed by atoms with Gasteiger partial charge in [0.1, 0.15) is 11.5 Å². The number of halogens is 2. The number of nitrogen functional groups attached to an aromatic ring is 1. The van der Waals surface area contributed by atoms with E-state index in [0.29, 0.717) is 16.7 Å². The lowest BCUT2D eigenvalue weighted by molar-refractivity contribution is 0.501. The predicted octanol–water partition coefficient (Wildman–Crippen LogP) is 2.97. The molecule has 2 aromatic heterocycles. The Bertz CT molecular complexity index is 1250. The Hall–Kier alpha value is -3.57. The molecule has 30 heavy (non-hydrogen) atoms. The van der Waals surface area contributed by atoms with Gasteiger partial charge in [0.2, 0.25) is 0 Å². The fourth-order valence-electron chi connectivity index (χ4n) is 2.92. The number of pyridine rings is 1. The Balaban J connectivity index is 1.76. The quantitative estimate of drug-likeness (QED) is 0.469. The van der Waals surface area contributed by atoms with Crippen molar-refractivity contribution in [2.24, 2.45) is 0 Å². The molecule has 3 N–H and O–H groups in total. The Morgan fingerprint density at radius 1 is 1.10 bits per heavy atom. The summed E-state index contributed by atoms with van der Waals surface area (Å²) in [5.74, 6) is -1.89. The van der Waals surface area contributed by atoms with Gasteiger partial charge < -0.3 is 10.3 Å². The molecular weight excluding hydrogens is 414 g/mol. The van der Waals surface area contributed by atoms with Crippen LogP contribution in [0.1, 0.15) is 5.56 Å². The first kappa shape index (κ1) is 19.7. The summed E-state index contributed by atoms with van der Waals surface area (Å²) in [5.41, 5.74) is 8.32. The third kappa shape index (κ3) is 3.80. The topological polar surface area (TPSA) is 120 Å². The van der Waals surface area contributed by atoms with Crippen molar-refractivity contribution in [3.8, 4) is 28.2 Å². The molecule has 0 fully saturated rings. The molecule has 0 aliphatic rings. The monoisotopic (exact) mass is 428 g/mol. The molecule has 0 saturated heterocycles. The third-order valence-corrected chi connectivity index (χ3v) is 4.95. The van der Waals surface area contributed by atoms with Crippen molar-refractivity contribution in [1.82, 2.24) is 25.2 Å². The zero-order valence-corrected chi connectivity index (χ0v) is 16.1. The molecule has 0 bridgehead atoms. The summed E-state index contributed by atoms with van der Waals surface area (Å²) in [7, 11) is 0. The lowest BCUT2D eigenvalue weighted by Gasteiger charge is -2.10. The SMILES string of the molecule is Nc1ncc(-c2ccc(CS(=O)O)cc2)cc1-c1nnnn1-c1cccc(F)c1F. The van der Waals surface area contributed by atoms with E-state index in [-0.39, 0.29) is 23.1 Å². The number of hydrogen-bond donors (Lipinski definition) is 2. The van der Waals surface area contributed by atoms with Gasteiger partial charge in [-0.2, -0.15) is 4.68 Å². The second kappa shape index (κ2) is 8.05. The Morgan fingerprint density at radius 3 is 2.60 bits per heavy atom. The summed E-state index contributed by atoms with van der Waals surface area (Å²) < 4.78 is 48.9. The van der Waals surface area contributed by atoms with Crippen LogP contribution in [0.25, 0.3) is 28.2 Å². The molecule has 0 spiro atoms. The minimum absolute atomic E-state index is 0.0273. The predicted molar refractivity (Wildman–Crippen MR) is 107 cm³/mol. The molecule has 1 atom stereocenters. The van der Waals surface area contributed by atoms with Gasteiger partial charge in [0.15, 0.2) is 28.5 Å². The Kier molecular flexibility index (Phi) is 5.29. The average Bonchev–Trinajstić information content (AvgIpc) is 3.20. The maximum Gasteiger partial charge on any atom is 0.190 e. The molecular formula is C19H14F2N6O2S. The van der Waals surface area contributed by atoms with E-state index in [1.807, 2.05) is 0 Å². The van der Waals surface area contributed by atoms with Crippen LogP contribution in [0.5, 0.6) is 0 Å². The van der Waals surface area contributed by atoms with E-state index >= 15 is 0 Å². The molecule has 0 aliphatic heterocycles. The van der Waals surface area contributed by atoms with Crippen LogP contribution in [0.2, 0.25) is 0 Å². The molecule has 11 heteroatoms. The number of benzene rings is 2. The fraction of sp³-hybridized carbons (Fsp3) is 0.0526. The summed E-state index contributed by atoms with van der Waals surface area (Å²) in [6.07, 6.45) is 1.55. The zero-order chi connectivity index (χ0) is 21.3. The summed E-state index contributed by atoms with van der Waals surface area (Å²) in [6.45, 7) is 0. The van der Waals surface area contributed by atoms with Gasteiger partial charge in [-0.25, -0.2) is 18.0 Å². The highest BCUT2D eigenvalue weighted by Gasteiger charge is 2.19. The highest BCUT2D eigenvalue weighted by Crippen LogP contribution is 2.30. The highest BCUT2D eigenvalue weighted by atomic mass is 32.2. The van der Waals surface area contributed by atoms with Crippen LogP contribution in [0.4, 0.5) is 14.6 Å². The third-order valence-electron chi connectivity index (χ3n) is 4.37. The first-order valence-corrected chi connectivity index (χ1v) is 9.87. The molecule has 2 heterocycles. The van der Waals surface area contributed by atoms with E-state index in [4.69, 9.17) is 10.3 Å². The van der Waals surface area contributed by atoms with Gasteiger partial charge in [0, 0.05) is 11.8 Å². The maximum absolute atomic E-state index is 14.3. The summed E-state index contributed by atoms with van der Waals surface area (Å²) in [6, 6.07) is 12.4. The second-order valence-electron chi connectivity index (χ2n) is 6.31. The van der Waals surface area contributed by atoms with E-state index < -0.39 is 22.7 Å². The van der Waals surface area contributed by atoms with Gasteiger partial charge in [0.25, 0.3) is 0 Å². The Morgan fingerprint density at radius 2 is 1.87 bits per heavy atom. The van der Waals surface area contributed by atoms with Crippen molar-refractivity contribution in [2.45, 2.75) is 5.75 Å². The van der Waals surface area contributed by atoms with Crippen molar-refractivity contribution >= 4 is 16.9 Å². The van der Waals surface area contributed by atoms with Crippen LogP contribution < -0.4 is 5.73 Å². The van der Waals surface area contributed by atoms with Gasteiger partial charge in [-0.15, -0.1) is 5.10 Å². The molecule has 152 valence electrons. The van der Waals surface area contributed by atoms with Crippen molar-refractivity contribution in [3.05, 3.63) is 71.9 Å². The van der Waals surface area contributed by atoms with Crippen molar-refractivity contribution in [3.63, 3.8) is 0 Å². The molecule has 0 amide bonds. The number of hydrogen-bond acceptors (Lipinski definition) is 6. The highest BCUT2D eigenvalue weighted by molar-refractivity contribution is 7.78. The average molecular weight is 428 g/mol. The minimum Gasteiger partial charge on any atom is -0.383 e. The molecule has 8 nitrogen and oxygen atoms in total. The maximum atomic E-state index is 14.3. The van der Waals surface area contributed by atoms with E-state index in [2.05, 4.69) is 20.5 Å². The van der Waals surface area contributed by atoms with Crippen molar-refractivity contribution in [2.75, 3.05) is 5.73 Å². The van der Waals surface area contributed by atoms with Gasteiger partial charge in [-0.3, -0.25) is 0 Å². The van der Waals surface area contributed by atoms with Crippen LogP contribution in [0.3, 0.4) is 0 Å². The van der Waals surface area contributed by atoms with Gasteiger partial charge in [-0.05, 0) is 39.8 Å². The first-order valence-electron chi connectivity index (χ1n) is 8.59. The van der Waals surface area contributed by atoms with Gasteiger partial charge >= 0.3 is 0 Å².